The molecule has 2 fully saturated rings. The SMILES string of the molecule is COCCN(C)C(=O)[C@@H]1CCCN1S(=O)(=O)c1ccc(N2CCCC2)c(-c2cc3ccccc3[nH]2)c1. The fraction of sp³-hybridized carbons (Fsp3) is 0.444. The highest BCUT2D eigenvalue weighted by molar-refractivity contribution is 7.89. The van der Waals surface area contributed by atoms with Crippen LogP contribution in [0.3, 0.4) is 0 Å². The number of nitrogens with zero attached hydrogens (tertiary/aromatic N) is 3. The summed E-state index contributed by atoms with van der Waals surface area (Å²) in [6.07, 6.45) is 3.44. The van der Waals surface area contributed by atoms with E-state index in [0.29, 0.717) is 32.5 Å². The van der Waals surface area contributed by atoms with Gasteiger partial charge in [0.05, 0.1) is 11.5 Å². The normalized spacial score (nSPS) is 18.8. The van der Waals surface area contributed by atoms with Gasteiger partial charge in [0.15, 0.2) is 0 Å². The monoisotopic (exact) mass is 510 g/mol. The van der Waals surface area contributed by atoms with Gasteiger partial charge in [0.25, 0.3) is 0 Å². The van der Waals surface area contributed by atoms with Gasteiger partial charge in [0.2, 0.25) is 15.9 Å². The summed E-state index contributed by atoms with van der Waals surface area (Å²) in [5.74, 6) is -0.183. The third-order valence-electron chi connectivity index (χ3n) is 7.34. The molecule has 3 aromatic rings. The number of aromatic nitrogens is 1. The Bertz CT molecular complexity index is 1310. The first-order valence-electron chi connectivity index (χ1n) is 12.6. The van der Waals surface area contributed by atoms with Crippen molar-refractivity contribution in [3.8, 4) is 11.3 Å². The van der Waals surface area contributed by atoms with Crippen LogP contribution in [-0.2, 0) is 19.6 Å². The molecule has 1 aromatic heterocycles. The zero-order valence-electron chi connectivity index (χ0n) is 20.9. The van der Waals surface area contributed by atoms with Gasteiger partial charge in [-0.1, -0.05) is 18.2 Å². The van der Waals surface area contributed by atoms with E-state index in [9.17, 15) is 13.2 Å². The van der Waals surface area contributed by atoms with Crippen molar-refractivity contribution in [2.75, 3.05) is 51.8 Å². The number of sulfonamides is 1. The molecule has 2 aliphatic heterocycles. The fourth-order valence-electron chi connectivity index (χ4n) is 5.35. The van der Waals surface area contributed by atoms with Gasteiger partial charge in [-0.2, -0.15) is 4.31 Å². The number of hydrogen-bond donors (Lipinski definition) is 1. The van der Waals surface area contributed by atoms with Crippen LogP contribution in [0.4, 0.5) is 5.69 Å². The third kappa shape index (κ3) is 4.63. The Morgan fingerprint density at radius 2 is 1.86 bits per heavy atom. The number of likely N-dealkylation sites (N-methyl/N-ethyl adjacent to an activating group) is 1. The molecule has 9 heteroatoms. The highest BCUT2D eigenvalue weighted by Crippen LogP contribution is 2.37. The number of nitrogens with one attached hydrogen (secondary N) is 1. The summed E-state index contributed by atoms with van der Waals surface area (Å²) >= 11 is 0. The predicted molar refractivity (Wildman–Crippen MR) is 142 cm³/mol. The molecule has 3 heterocycles. The molecule has 0 unspecified atom stereocenters. The first kappa shape index (κ1) is 24.8. The predicted octanol–water partition coefficient (Wildman–Crippen LogP) is 3.69. The summed E-state index contributed by atoms with van der Waals surface area (Å²) in [6.45, 7) is 3.08. The van der Waals surface area contributed by atoms with Gasteiger partial charge in [-0.15, -0.1) is 0 Å². The number of para-hydroxylation sites is 1. The summed E-state index contributed by atoms with van der Waals surface area (Å²) in [4.78, 5) is 20.7. The van der Waals surface area contributed by atoms with Crippen LogP contribution in [0.25, 0.3) is 22.2 Å². The van der Waals surface area contributed by atoms with Gasteiger partial charge < -0.3 is 19.5 Å². The molecule has 192 valence electrons. The number of methoxy groups -OCH3 is 1. The Hall–Kier alpha value is -2.88. The minimum absolute atomic E-state index is 0.183. The van der Waals surface area contributed by atoms with Gasteiger partial charge in [0.1, 0.15) is 6.04 Å². The van der Waals surface area contributed by atoms with Gasteiger partial charge in [-0.3, -0.25) is 4.79 Å². The van der Waals surface area contributed by atoms with Crippen LogP contribution in [-0.4, -0.2) is 81.5 Å². The molecule has 2 saturated heterocycles. The molecular formula is C27H34N4O4S. The summed E-state index contributed by atoms with van der Waals surface area (Å²) in [7, 11) is -0.583. The van der Waals surface area contributed by atoms with Crippen molar-refractivity contribution >= 4 is 32.5 Å². The number of aromatic amines is 1. The highest BCUT2D eigenvalue weighted by atomic mass is 32.2. The molecule has 36 heavy (non-hydrogen) atoms. The maximum absolute atomic E-state index is 13.9. The topological polar surface area (TPSA) is 85.9 Å². The van der Waals surface area contributed by atoms with E-state index in [1.807, 2.05) is 30.3 Å². The third-order valence-corrected chi connectivity index (χ3v) is 9.24. The van der Waals surface area contributed by atoms with E-state index in [1.54, 1.807) is 31.2 Å². The number of H-pyrrole nitrogens is 1. The molecule has 0 bridgehead atoms. The largest absolute Gasteiger partial charge is 0.383 e. The van der Waals surface area contributed by atoms with Crippen molar-refractivity contribution in [3.05, 3.63) is 48.5 Å². The van der Waals surface area contributed by atoms with Crippen LogP contribution in [0.2, 0.25) is 0 Å². The number of rotatable bonds is 8. The van der Waals surface area contributed by atoms with Crippen molar-refractivity contribution in [1.82, 2.24) is 14.2 Å². The molecule has 5 rings (SSSR count). The average Bonchev–Trinajstić information content (AvgIpc) is 3.66. The molecule has 1 N–H and O–H groups in total. The summed E-state index contributed by atoms with van der Waals surface area (Å²) in [6, 6.07) is 14.8. The maximum atomic E-state index is 13.9. The number of hydrogen-bond acceptors (Lipinski definition) is 5. The highest BCUT2D eigenvalue weighted by Gasteiger charge is 2.40. The second-order valence-electron chi connectivity index (χ2n) is 9.67. The van der Waals surface area contributed by atoms with Gasteiger partial charge in [0, 0.05) is 68.2 Å². The van der Waals surface area contributed by atoms with Crippen LogP contribution >= 0.6 is 0 Å². The van der Waals surface area contributed by atoms with E-state index in [0.717, 1.165) is 53.8 Å². The Morgan fingerprint density at radius 1 is 1.08 bits per heavy atom. The molecule has 8 nitrogen and oxygen atoms in total. The summed E-state index contributed by atoms with van der Waals surface area (Å²) in [5.41, 5.74) is 3.81. The van der Waals surface area contributed by atoms with Crippen LogP contribution in [0, 0.1) is 0 Å². The van der Waals surface area contributed by atoms with Crippen LogP contribution in [0.5, 0.6) is 0 Å². The average molecular weight is 511 g/mol. The van der Waals surface area contributed by atoms with E-state index in [-0.39, 0.29) is 10.8 Å². The van der Waals surface area contributed by atoms with E-state index in [2.05, 4.69) is 16.0 Å². The quantitative estimate of drug-likeness (QED) is 0.500. The number of carbonyl (C=O) groups is 1. The van der Waals surface area contributed by atoms with Crippen molar-refractivity contribution in [2.45, 2.75) is 36.6 Å². The first-order valence-corrected chi connectivity index (χ1v) is 14.1. The van der Waals surface area contributed by atoms with E-state index >= 15 is 0 Å². The van der Waals surface area contributed by atoms with Crippen molar-refractivity contribution in [1.29, 1.82) is 0 Å². The standard InChI is InChI=1S/C27H34N4O4S/c1-29(16-17-35-2)27(32)26-10-7-15-31(26)36(33,34)21-11-12-25(30-13-5-6-14-30)22(19-21)24-18-20-8-3-4-9-23(20)28-24/h3-4,8-9,11-12,18-19,26,28H,5-7,10,13-17H2,1-2H3/t26-/m0/s1. The molecule has 0 spiro atoms. The van der Waals surface area contributed by atoms with Gasteiger partial charge >= 0.3 is 0 Å². The number of anilines is 1. The lowest BCUT2D eigenvalue weighted by Crippen LogP contribution is -2.47. The Labute approximate surface area is 212 Å². The molecule has 2 aromatic carbocycles. The van der Waals surface area contributed by atoms with Gasteiger partial charge in [-0.25, -0.2) is 8.42 Å². The Balaban J connectivity index is 1.52. The molecule has 1 atom stereocenters. The molecular weight excluding hydrogens is 476 g/mol. The number of carbonyl (C=O) groups excluding carboxylic acids is 1. The number of amides is 1. The van der Waals surface area contributed by atoms with Crippen molar-refractivity contribution in [2.24, 2.45) is 0 Å². The second-order valence-corrected chi connectivity index (χ2v) is 11.6. The lowest BCUT2D eigenvalue weighted by atomic mass is 10.1. The number of fused-ring (bicyclic) bond motifs is 1. The van der Waals surface area contributed by atoms with E-state index in [4.69, 9.17) is 4.74 Å². The molecule has 0 aliphatic carbocycles. The second kappa shape index (κ2) is 10.2. The summed E-state index contributed by atoms with van der Waals surface area (Å²) < 4.78 is 34.2. The smallest absolute Gasteiger partial charge is 0.243 e. The lowest BCUT2D eigenvalue weighted by Gasteiger charge is -2.28. The van der Waals surface area contributed by atoms with Crippen LogP contribution in [0.15, 0.2) is 53.4 Å². The van der Waals surface area contributed by atoms with E-state index in [1.165, 1.54) is 4.31 Å². The van der Waals surface area contributed by atoms with Crippen molar-refractivity contribution < 1.29 is 17.9 Å². The van der Waals surface area contributed by atoms with Gasteiger partial charge in [-0.05, 0) is 56.0 Å². The molecule has 1 amide bonds. The molecule has 0 saturated carbocycles. The Morgan fingerprint density at radius 3 is 2.61 bits per heavy atom. The minimum atomic E-state index is -3.87. The summed E-state index contributed by atoms with van der Waals surface area (Å²) in [5, 5.41) is 1.08. The van der Waals surface area contributed by atoms with Crippen LogP contribution < -0.4 is 4.90 Å². The number of benzene rings is 2. The maximum Gasteiger partial charge on any atom is 0.243 e. The van der Waals surface area contributed by atoms with E-state index < -0.39 is 16.1 Å². The first-order chi connectivity index (χ1) is 17.4. The zero-order valence-corrected chi connectivity index (χ0v) is 21.8. The fourth-order valence-corrected chi connectivity index (χ4v) is 7.02. The molecule has 2 aliphatic rings. The van der Waals surface area contributed by atoms with Crippen LogP contribution in [0.1, 0.15) is 25.7 Å². The minimum Gasteiger partial charge on any atom is -0.383 e. The zero-order chi connectivity index (χ0) is 25.3. The lowest BCUT2D eigenvalue weighted by molar-refractivity contribution is -0.133. The van der Waals surface area contributed by atoms with Crippen molar-refractivity contribution in [3.63, 3.8) is 0 Å². The molecule has 0 radical (unpaired) electrons. The number of ether oxygens (including phenoxy) is 1. The Kier molecular flexibility index (Phi) is 7.05.